The molecule has 4 aromatic rings. The number of hydrogen-bond donors (Lipinski definition) is 4. The topological polar surface area (TPSA) is 150 Å². The molecule has 10 heteroatoms. The first kappa shape index (κ1) is 25.1. The molecule has 0 radical (unpaired) electrons. The highest BCUT2D eigenvalue weighted by Gasteiger charge is 2.22. The summed E-state index contributed by atoms with van der Waals surface area (Å²) < 4.78 is 9.04. The van der Waals surface area contributed by atoms with Crippen molar-refractivity contribution in [2.24, 2.45) is 5.73 Å². The van der Waals surface area contributed by atoms with Crippen LogP contribution in [0, 0.1) is 10.8 Å². The third-order valence-electron chi connectivity index (χ3n) is 7.06. The van der Waals surface area contributed by atoms with Gasteiger partial charge in [0.25, 0.3) is 0 Å². The van der Waals surface area contributed by atoms with E-state index in [9.17, 15) is 14.7 Å². The van der Waals surface area contributed by atoms with Gasteiger partial charge in [0.15, 0.2) is 0 Å². The first-order chi connectivity index (χ1) is 18.2. The van der Waals surface area contributed by atoms with Crippen molar-refractivity contribution in [3.05, 3.63) is 76.2 Å². The third-order valence-corrected chi connectivity index (χ3v) is 7.06. The molecule has 5 N–H and O–H groups in total. The Morgan fingerprint density at radius 3 is 2.42 bits per heavy atom. The Kier molecular flexibility index (Phi) is 6.62. The summed E-state index contributed by atoms with van der Waals surface area (Å²) in [5.41, 5.74) is 7.84. The molecule has 1 aliphatic rings. The summed E-state index contributed by atoms with van der Waals surface area (Å²) in [5, 5.41) is 26.9. The van der Waals surface area contributed by atoms with Gasteiger partial charge in [-0.15, -0.1) is 0 Å². The molecule has 0 saturated carbocycles. The number of aromatic nitrogens is 2. The van der Waals surface area contributed by atoms with E-state index < -0.39 is 18.2 Å². The molecule has 0 aliphatic carbocycles. The lowest BCUT2D eigenvalue weighted by Gasteiger charge is -2.32. The highest BCUT2D eigenvalue weighted by Crippen LogP contribution is 2.25. The third kappa shape index (κ3) is 4.97. The standard InChI is InChI=1S/C28H30N6O4/c1-17(29)32-10-8-22(9-11-32)38-23-6-7-24-25(14-23)34(16-26(35)36)28(37)33(24)15-18-2-3-19-4-5-20(27(30)31)13-21(19)12-18/h2-7,12-14,22,29H,8-11,15-16H2,1H3,(H3,30,31)(H,35,36). The van der Waals surface area contributed by atoms with Crippen LogP contribution in [0.4, 0.5) is 0 Å². The number of hydrogen-bond acceptors (Lipinski definition) is 5. The molecule has 1 aromatic heterocycles. The Morgan fingerprint density at radius 2 is 1.74 bits per heavy atom. The van der Waals surface area contributed by atoms with E-state index in [0.29, 0.717) is 28.2 Å². The van der Waals surface area contributed by atoms with E-state index in [1.807, 2.05) is 41.3 Å². The second-order valence-corrected chi connectivity index (χ2v) is 9.70. The summed E-state index contributed by atoms with van der Waals surface area (Å²) in [5.74, 6) is 0.0175. The Bertz CT molecular complexity index is 1630. The predicted molar refractivity (Wildman–Crippen MR) is 147 cm³/mol. The van der Waals surface area contributed by atoms with Crippen LogP contribution in [0.2, 0.25) is 0 Å². The average molecular weight is 515 g/mol. The number of fused-ring (bicyclic) bond motifs is 2. The molecule has 38 heavy (non-hydrogen) atoms. The van der Waals surface area contributed by atoms with Gasteiger partial charge in [0.2, 0.25) is 0 Å². The molecule has 2 heterocycles. The number of nitrogens with two attached hydrogens (primary N) is 1. The molecule has 1 fully saturated rings. The summed E-state index contributed by atoms with van der Waals surface area (Å²) in [7, 11) is 0. The van der Waals surface area contributed by atoms with Gasteiger partial charge in [-0.25, -0.2) is 4.79 Å². The lowest BCUT2D eigenvalue weighted by Crippen LogP contribution is -2.40. The molecule has 0 bridgehead atoms. The maximum atomic E-state index is 13.4. The number of amidine groups is 2. The van der Waals surface area contributed by atoms with E-state index in [4.69, 9.17) is 21.3 Å². The second-order valence-electron chi connectivity index (χ2n) is 9.70. The number of nitrogens with zero attached hydrogens (tertiary/aromatic N) is 3. The number of nitrogen functional groups attached to an aromatic ring is 1. The summed E-state index contributed by atoms with van der Waals surface area (Å²) in [4.78, 5) is 27.0. The number of piperidine rings is 1. The van der Waals surface area contributed by atoms with Gasteiger partial charge in [0.05, 0.1) is 23.4 Å². The number of carboxylic acid groups (broad SMARTS) is 1. The predicted octanol–water partition coefficient (Wildman–Crippen LogP) is 3.21. The number of aliphatic carboxylic acids is 1. The maximum Gasteiger partial charge on any atom is 0.329 e. The van der Waals surface area contributed by atoms with Crippen molar-refractivity contribution in [2.45, 2.75) is 39.0 Å². The number of nitrogens with one attached hydrogen (secondary N) is 2. The number of ether oxygens (including phenoxy) is 1. The zero-order valence-electron chi connectivity index (χ0n) is 21.1. The minimum atomic E-state index is -1.10. The fourth-order valence-corrected chi connectivity index (χ4v) is 5.06. The van der Waals surface area contributed by atoms with Gasteiger partial charge in [-0.05, 0) is 47.5 Å². The first-order valence-corrected chi connectivity index (χ1v) is 12.5. The minimum absolute atomic E-state index is 0.0118. The van der Waals surface area contributed by atoms with Gasteiger partial charge in [-0.2, -0.15) is 0 Å². The average Bonchev–Trinajstić information content (AvgIpc) is 3.13. The van der Waals surface area contributed by atoms with Gasteiger partial charge >= 0.3 is 11.7 Å². The first-order valence-electron chi connectivity index (χ1n) is 12.5. The normalized spacial score (nSPS) is 14.2. The lowest BCUT2D eigenvalue weighted by atomic mass is 10.0. The van der Waals surface area contributed by atoms with Crippen LogP contribution < -0.4 is 16.2 Å². The number of carboxylic acids is 1. The van der Waals surface area contributed by atoms with E-state index in [-0.39, 0.29) is 18.5 Å². The molecule has 0 spiro atoms. The van der Waals surface area contributed by atoms with Crippen molar-refractivity contribution in [1.82, 2.24) is 14.0 Å². The highest BCUT2D eigenvalue weighted by atomic mass is 16.5. The van der Waals surface area contributed by atoms with E-state index in [0.717, 1.165) is 42.3 Å². The van der Waals surface area contributed by atoms with E-state index >= 15 is 0 Å². The van der Waals surface area contributed by atoms with Crippen molar-refractivity contribution >= 4 is 39.4 Å². The smallest absolute Gasteiger partial charge is 0.329 e. The Labute approximate surface area is 218 Å². The summed E-state index contributed by atoms with van der Waals surface area (Å²) in [6, 6.07) is 16.7. The monoisotopic (exact) mass is 514 g/mol. The Balaban J connectivity index is 1.47. The fourth-order valence-electron chi connectivity index (χ4n) is 5.06. The van der Waals surface area contributed by atoms with Gasteiger partial charge in [-0.1, -0.05) is 24.3 Å². The molecular formula is C28H30N6O4. The lowest BCUT2D eigenvalue weighted by molar-refractivity contribution is -0.137. The molecule has 0 unspecified atom stereocenters. The summed E-state index contributed by atoms with van der Waals surface area (Å²) >= 11 is 0. The molecule has 0 amide bonds. The van der Waals surface area contributed by atoms with Gasteiger partial charge < -0.3 is 20.5 Å². The van der Waals surface area contributed by atoms with Gasteiger partial charge in [0.1, 0.15) is 24.2 Å². The molecule has 1 aliphatic heterocycles. The van der Waals surface area contributed by atoms with Crippen LogP contribution in [0.1, 0.15) is 30.9 Å². The Morgan fingerprint density at radius 1 is 1.00 bits per heavy atom. The SMILES string of the molecule is CC(=N)N1CCC(Oc2ccc3c(c2)n(CC(=O)O)c(=O)n3Cc2ccc3ccc(C(=N)N)cc3c2)CC1. The molecule has 10 nitrogen and oxygen atoms in total. The van der Waals surface area contributed by atoms with Crippen molar-refractivity contribution in [1.29, 1.82) is 10.8 Å². The van der Waals surface area contributed by atoms with Crippen molar-refractivity contribution in [3.8, 4) is 5.75 Å². The summed E-state index contributed by atoms with van der Waals surface area (Å²) in [6.07, 6.45) is 1.55. The van der Waals surface area contributed by atoms with E-state index in [1.165, 1.54) is 4.57 Å². The van der Waals surface area contributed by atoms with Crippen molar-refractivity contribution in [3.63, 3.8) is 0 Å². The Hall–Kier alpha value is -4.60. The van der Waals surface area contributed by atoms with Crippen molar-refractivity contribution in [2.75, 3.05) is 13.1 Å². The molecule has 3 aromatic carbocycles. The van der Waals surface area contributed by atoms with Crippen LogP contribution >= 0.6 is 0 Å². The number of benzene rings is 3. The van der Waals surface area contributed by atoms with Crippen LogP contribution in [-0.2, 0) is 17.9 Å². The largest absolute Gasteiger partial charge is 0.490 e. The molecular weight excluding hydrogens is 484 g/mol. The van der Waals surface area contributed by atoms with E-state index in [1.54, 1.807) is 29.7 Å². The maximum absolute atomic E-state index is 13.4. The van der Waals surface area contributed by atoms with Gasteiger partial charge in [-0.3, -0.25) is 24.7 Å². The minimum Gasteiger partial charge on any atom is -0.490 e. The van der Waals surface area contributed by atoms with Crippen LogP contribution in [0.15, 0.2) is 59.4 Å². The zero-order valence-corrected chi connectivity index (χ0v) is 21.1. The zero-order chi connectivity index (χ0) is 27.0. The van der Waals surface area contributed by atoms with Crippen LogP contribution in [0.3, 0.4) is 0 Å². The quantitative estimate of drug-likeness (QED) is 0.220. The molecule has 5 rings (SSSR count). The number of carbonyl (C=O) groups is 1. The van der Waals surface area contributed by atoms with Crippen LogP contribution in [-0.4, -0.2) is 56.0 Å². The number of likely N-dealkylation sites (tertiary alicyclic amines) is 1. The van der Waals surface area contributed by atoms with E-state index in [2.05, 4.69) is 0 Å². The fraction of sp³-hybridized carbons (Fsp3) is 0.286. The van der Waals surface area contributed by atoms with Gasteiger partial charge in [0, 0.05) is 37.6 Å². The molecule has 1 saturated heterocycles. The number of imidazole rings is 1. The van der Waals surface area contributed by atoms with Crippen molar-refractivity contribution < 1.29 is 14.6 Å². The molecule has 196 valence electrons. The van der Waals surface area contributed by atoms with Crippen LogP contribution in [0.5, 0.6) is 5.75 Å². The summed E-state index contributed by atoms with van der Waals surface area (Å²) in [6.45, 7) is 3.08. The van der Waals surface area contributed by atoms with Crippen LogP contribution in [0.25, 0.3) is 21.8 Å². The number of rotatable bonds is 7. The second kappa shape index (κ2) is 10.0. The highest BCUT2D eigenvalue weighted by molar-refractivity contribution is 5.99. The molecule has 0 atom stereocenters.